The van der Waals surface area contributed by atoms with Crippen LogP contribution in [-0.4, -0.2) is 23.9 Å². The van der Waals surface area contributed by atoms with Gasteiger partial charge in [0.1, 0.15) is 18.1 Å². The van der Waals surface area contributed by atoms with Crippen LogP contribution in [0.15, 0.2) is 41.3 Å². The summed E-state index contributed by atoms with van der Waals surface area (Å²) in [7, 11) is 1.60. The lowest BCUT2D eigenvalue weighted by molar-refractivity contribution is -0.113. The number of methoxy groups -OCH3 is 1. The second-order valence-corrected chi connectivity index (χ2v) is 9.52. The van der Waals surface area contributed by atoms with E-state index in [4.69, 9.17) is 28.1 Å². The van der Waals surface area contributed by atoms with Crippen LogP contribution in [0.4, 0.5) is 5.69 Å². The fourth-order valence-electron chi connectivity index (χ4n) is 2.49. The van der Waals surface area contributed by atoms with Crippen molar-refractivity contribution in [2.24, 2.45) is 0 Å². The largest absolute Gasteiger partial charge is 0.497 e. The maximum absolute atomic E-state index is 12.9. The third-order valence-corrected chi connectivity index (χ3v) is 6.65. The molecule has 1 aliphatic rings. The highest BCUT2D eigenvalue weighted by Crippen LogP contribution is 2.37. The molecule has 0 unspecified atom stereocenters. The lowest BCUT2D eigenvalue weighted by Gasteiger charge is -2.14. The predicted octanol–water partition coefficient (Wildman–Crippen LogP) is 5.32. The molecule has 0 atom stereocenters. The zero-order valence-corrected chi connectivity index (χ0v) is 20.5. The summed E-state index contributed by atoms with van der Waals surface area (Å²) in [6, 6.07) is 11.1. The molecule has 0 saturated carbocycles. The number of anilines is 1. The van der Waals surface area contributed by atoms with Crippen LogP contribution in [0, 0.1) is 19.5 Å². The van der Waals surface area contributed by atoms with Crippen LogP contribution in [0.5, 0.6) is 11.5 Å². The summed E-state index contributed by atoms with van der Waals surface area (Å²) in [6.07, 6.45) is 7.11. The number of halogens is 2. The Balaban J connectivity index is 1.88. The van der Waals surface area contributed by atoms with Crippen molar-refractivity contribution in [1.82, 2.24) is 0 Å². The van der Waals surface area contributed by atoms with Crippen molar-refractivity contribution in [3.05, 3.63) is 54.0 Å². The van der Waals surface area contributed by atoms with E-state index < -0.39 is 0 Å². The third kappa shape index (κ3) is 4.64. The van der Waals surface area contributed by atoms with Gasteiger partial charge in [-0.1, -0.05) is 29.9 Å². The molecular weight excluding hydrogens is 620 g/mol. The number of thioether (sulfide) groups is 1. The quantitative estimate of drug-likeness (QED) is 0.193. The number of amides is 1. The van der Waals surface area contributed by atoms with Gasteiger partial charge in [0.05, 0.1) is 24.8 Å². The van der Waals surface area contributed by atoms with Crippen LogP contribution in [-0.2, 0) is 4.79 Å². The highest BCUT2D eigenvalue weighted by atomic mass is 127. The molecular formula is C20H13I2NO3S2. The highest BCUT2D eigenvalue weighted by molar-refractivity contribution is 14.1. The van der Waals surface area contributed by atoms with E-state index in [9.17, 15) is 4.79 Å². The molecule has 1 saturated heterocycles. The number of benzene rings is 2. The van der Waals surface area contributed by atoms with Gasteiger partial charge in [0.2, 0.25) is 0 Å². The van der Waals surface area contributed by atoms with E-state index in [-0.39, 0.29) is 12.5 Å². The molecule has 0 spiro atoms. The summed E-state index contributed by atoms with van der Waals surface area (Å²) < 4.78 is 13.1. The number of nitrogens with zero attached hydrogens (tertiary/aromatic N) is 1. The lowest BCUT2D eigenvalue weighted by atomic mass is 10.2. The first-order chi connectivity index (χ1) is 13.4. The molecule has 1 amide bonds. The van der Waals surface area contributed by atoms with E-state index in [1.54, 1.807) is 19.2 Å². The van der Waals surface area contributed by atoms with Gasteiger partial charge in [-0.3, -0.25) is 9.69 Å². The summed E-state index contributed by atoms with van der Waals surface area (Å²) in [5.41, 5.74) is 1.62. The van der Waals surface area contributed by atoms with Gasteiger partial charge in [-0.2, -0.15) is 0 Å². The maximum Gasteiger partial charge on any atom is 0.270 e. The van der Waals surface area contributed by atoms with Gasteiger partial charge >= 0.3 is 0 Å². The van der Waals surface area contributed by atoms with Crippen molar-refractivity contribution >= 4 is 91.2 Å². The van der Waals surface area contributed by atoms with E-state index >= 15 is 0 Å². The molecule has 0 N–H and O–H groups in total. The summed E-state index contributed by atoms with van der Waals surface area (Å²) in [6.45, 7) is 0.214. The van der Waals surface area contributed by atoms with E-state index in [1.165, 1.54) is 16.7 Å². The summed E-state index contributed by atoms with van der Waals surface area (Å²) >= 11 is 11.1. The average Bonchev–Trinajstić information content (AvgIpc) is 2.94. The zero-order valence-electron chi connectivity index (χ0n) is 14.6. The maximum atomic E-state index is 12.9. The van der Waals surface area contributed by atoms with Crippen molar-refractivity contribution in [1.29, 1.82) is 0 Å². The normalized spacial score (nSPS) is 15.1. The van der Waals surface area contributed by atoms with E-state index in [1.807, 2.05) is 30.3 Å². The first-order valence-electron chi connectivity index (χ1n) is 7.92. The second-order valence-electron chi connectivity index (χ2n) is 5.52. The van der Waals surface area contributed by atoms with Gasteiger partial charge in [0.15, 0.2) is 4.32 Å². The van der Waals surface area contributed by atoms with Crippen LogP contribution in [0.25, 0.3) is 6.08 Å². The van der Waals surface area contributed by atoms with E-state index in [0.717, 1.165) is 24.2 Å². The molecule has 1 fully saturated rings. The first-order valence-corrected chi connectivity index (χ1v) is 11.3. The number of carbonyl (C=O) groups excluding carboxylic acids is 1. The van der Waals surface area contributed by atoms with Gasteiger partial charge in [-0.25, -0.2) is 0 Å². The molecule has 3 rings (SSSR count). The van der Waals surface area contributed by atoms with Gasteiger partial charge < -0.3 is 9.47 Å². The molecule has 4 nitrogen and oxygen atoms in total. The summed E-state index contributed by atoms with van der Waals surface area (Å²) in [5, 5.41) is 0. The molecule has 0 radical (unpaired) electrons. The van der Waals surface area contributed by atoms with Crippen molar-refractivity contribution in [2.75, 3.05) is 18.6 Å². The molecule has 28 heavy (non-hydrogen) atoms. The minimum atomic E-state index is -0.141. The van der Waals surface area contributed by atoms with Gasteiger partial charge in [0, 0.05) is 0 Å². The Labute approximate surface area is 200 Å². The predicted molar refractivity (Wildman–Crippen MR) is 135 cm³/mol. The Hall–Kier alpha value is -1.29. The Morgan fingerprint density at radius 2 is 1.89 bits per heavy atom. The van der Waals surface area contributed by atoms with Gasteiger partial charge in [-0.05, 0) is 93.2 Å². The summed E-state index contributed by atoms with van der Waals surface area (Å²) in [4.78, 5) is 15.0. The van der Waals surface area contributed by atoms with E-state index in [2.05, 4.69) is 51.1 Å². The van der Waals surface area contributed by atoms with Crippen LogP contribution in [0.2, 0.25) is 0 Å². The zero-order chi connectivity index (χ0) is 20.3. The van der Waals surface area contributed by atoms with Crippen LogP contribution < -0.4 is 14.4 Å². The monoisotopic (exact) mass is 633 g/mol. The molecule has 142 valence electrons. The molecule has 0 bridgehead atoms. The van der Waals surface area contributed by atoms with Gasteiger partial charge in [0.25, 0.3) is 5.91 Å². The number of rotatable bonds is 5. The highest BCUT2D eigenvalue weighted by Gasteiger charge is 2.33. The molecule has 1 heterocycles. The number of carbonyl (C=O) groups is 1. The number of hydrogen-bond acceptors (Lipinski definition) is 5. The lowest BCUT2D eigenvalue weighted by Crippen LogP contribution is -2.27. The summed E-state index contributed by atoms with van der Waals surface area (Å²) in [5.74, 6) is 3.80. The molecule has 8 heteroatoms. The minimum absolute atomic E-state index is 0.141. The Kier molecular flexibility index (Phi) is 7.25. The molecule has 2 aromatic carbocycles. The molecule has 1 aliphatic heterocycles. The Morgan fingerprint density at radius 3 is 2.46 bits per heavy atom. The van der Waals surface area contributed by atoms with Crippen LogP contribution in [0.3, 0.4) is 0 Å². The van der Waals surface area contributed by atoms with Crippen molar-refractivity contribution in [2.45, 2.75) is 0 Å². The smallest absolute Gasteiger partial charge is 0.270 e. The Bertz CT molecular complexity index is 990. The van der Waals surface area contributed by atoms with Crippen molar-refractivity contribution in [3.63, 3.8) is 0 Å². The van der Waals surface area contributed by atoms with Crippen LogP contribution >= 0.6 is 69.2 Å². The van der Waals surface area contributed by atoms with Crippen LogP contribution in [0.1, 0.15) is 5.56 Å². The molecule has 0 aromatic heterocycles. The van der Waals surface area contributed by atoms with Crippen molar-refractivity contribution < 1.29 is 14.3 Å². The fourth-order valence-corrected chi connectivity index (χ4v) is 5.91. The number of ether oxygens (including phenoxy) is 2. The number of thiocarbonyl (C=S) groups is 1. The van der Waals surface area contributed by atoms with Crippen molar-refractivity contribution in [3.8, 4) is 23.8 Å². The standard InChI is InChI=1S/C20H13I2NO3S2/c1-3-8-26-18-15(21)9-12(10-16(18)22)11-17-19(24)23(20(27)28-17)13-4-6-14(25-2)7-5-13/h1,4-7,9-11H,8H2,2H3/b17-11+. The Morgan fingerprint density at radius 1 is 1.25 bits per heavy atom. The molecule has 2 aromatic rings. The third-order valence-electron chi connectivity index (χ3n) is 3.74. The number of terminal acetylenes is 1. The topological polar surface area (TPSA) is 38.8 Å². The van der Waals surface area contributed by atoms with Gasteiger partial charge in [-0.15, -0.1) is 6.42 Å². The first kappa shape index (κ1) is 21.4. The SMILES string of the molecule is C#CCOc1c(I)cc(/C=C2/SC(=S)N(c3ccc(OC)cc3)C2=O)cc1I. The van der Waals surface area contributed by atoms with E-state index in [0.29, 0.717) is 14.9 Å². The minimum Gasteiger partial charge on any atom is -0.497 e. The molecule has 0 aliphatic carbocycles. The second kappa shape index (κ2) is 9.47. The fraction of sp³-hybridized carbons (Fsp3) is 0.100. The average molecular weight is 633 g/mol. The number of hydrogen-bond donors (Lipinski definition) is 0.